The lowest BCUT2D eigenvalue weighted by molar-refractivity contribution is -0.123. The van der Waals surface area contributed by atoms with Crippen molar-refractivity contribution < 1.29 is 23.0 Å². The van der Waals surface area contributed by atoms with Crippen molar-refractivity contribution in [1.29, 1.82) is 0 Å². The largest absolute Gasteiger partial charge is 0.493 e. The number of aromatic nitrogens is 2. The van der Waals surface area contributed by atoms with Crippen LogP contribution < -0.4 is 14.4 Å². The van der Waals surface area contributed by atoms with Gasteiger partial charge >= 0.3 is 0 Å². The molecule has 0 unspecified atom stereocenters. The first-order valence-electron chi connectivity index (χ1n) is 14.3. The van der Waals surface area contributed by atoms with Gasteiger partial charge in [-0.05, 0) is 62.9 Å². The molecule has 1 saturated heterocycles. The number of hydrogen-bond acceptors (Lipinski definition) is 5. The summed E-state index contributed by atoms with van der Waals surface area (Å²) >= 11 is 0. The highest BCUT2D eigenvalue weighted by Gasteiger charge is 2.44. The first-order chi connectivity index (χ1) is 19.2. The van der Waals surface area contributed by atoms with Crippen LogP contribution in [0.15, 0.2) is 18.3 Å². The van der Waals surface area contributed by atoms with Gasteiger partial charge in [-0.3, -0.25) is 4.79 Å². The molecule has 5 rings (SSSR count). The third-order valence-corrected chi connectivity index (χ3v) is 8.72. The van der Waals surface area contributed by atoms with E-state index in [0.717, 1.165) is 70.8 Å². The lowest BCUT2D eigenvalue weighted by Crippen LogP contribution is -2.48. The van der Waals surface area contributed by atoms with Crippen molar-refractivity contribution in [2.45, 2.75) is 71.3 Å². The topological polar surface area (TPSA) is 70.7 Å². The molecule has 0 spiro atoms. The number of unbranched alkanes of at least 4 members (excludes halogenated alkanes) is 1. The maximum Gasteiger partial charge on any atom is 0.237 e. The van der Waals surface area contributed by atoms with Crippen molar-refractivity contribution in [3.05, 3.63) is 46.8 Å². The Hall–Kier alpha value is -3.20. The number of rotatable bonds is 9. The normalized spacial score (nSPS) is 17.9. The average molecular weight is 555 g/mol. The van der Waals surface area contributed by atoms with Gasteiger partial charge in [0.1, 0.15) is 11.3 Å². The van der Waals surface area contributed by atoms with E-state index in [2.05, 4.69) is 27.9 Å². The first-order valence-corrected chi connectivity index (χ1v) is 14.3. The summed E-state index contributed by atoms with van der Waals surface area (Å²) < 4.78 is 40.9. The molecule has 0 bridgehead atoms. The summed E-state index contributed by atoms with van der Waals surface area (Å²) in [5.41, 5.74) is 1.86. The third kappa shape index (κ3) is 5.04. The van der Waals surface area contributed by atoms with Crippen molar-refractivity contribution >= 4 is 22.6 Å². The molecular weight excluding hydrogens is 514 g/mol. The molecule has 1 aromatic carbocycles. The molecule has 7 nitrogen and oxygen atoms in total. The number of anilines is 1. The van der Waals surface area contributed by atoms with Gasteiger partial charge < -0.3 is 24.3 Å². The fraction of sp³-hybridized carbons (Fsp3) is 0.548. The van der Waals surface area contributed by atoms with Gasteiger partial charge in [-0.15, -0.1) is 0 Å². The van der Waals surface area contributed by atoms with Crippen LogP contribution in [0.5, 0.6) is 11.5 Å². The van der Waals surface area contributed by atoms with Crippen molar-refractivity contribution in [3.63, 3.8) is 0 Å². The molecule has 2 aliphatic heterocycles. The van der Waals surface area contributed by atoms with E-state index in [4.69, 9.17) is 9.47 Å². The monoisotopic (exact) mass is 554 g/mol. The molecule has 0 aliphatic carbocycles. The predicted molar refractivity (Wildman–Crippen MR) is 152 cm³/mol. The number of carbonyl (C=O) groups is 1. The summed E-state index contributed by atoms with van der Waals surface area (Å²) in [5, 5.41) is 0.882. The van der Waals surface area contributed by atoms with Gasteiger partial charge in [0.05, 0.1) is 26.2 Å². The van der Waals surface area contributed by atoms with Crippen LogP contribution in [0.25, 0.3) is 11.0 Å². The second kappa shape index (κ2) is 11.4. The Morgan fingerprint density at radius 3 is 2.40 bits per heavy atom. The maximum absolute atomic E-state index is 15.4. The van der Waals surface area contributed by atoms with Crippen LogP contribution in [0.4, 0.5) is 14.5 Å². The number of nitrogens with one attached hydrogen (secondary N) is 1. The zero-order valence-electron chi connectivity index (χ0n) is 24.2. The molecule has 0 saturated carbocycles. The minimum atomic E-state index is -1.05. The number of nitrogens with zero attached hydrogens (tertiary/aromatic N) is 3. The summed E-state index contributed by atoms with van der Waals surface area (Å²) in [7, 11) is 2.58. The molecule has 4 heterocycles. The number of aromatic amines is 1. The minimum absolute atomic E-state index is 0.0157. The number of H-pyrrole nitrogens is 1. The lowest BCUT2D eigenvalue weighted by atomic mass is 9.76. The van der Waals surface area contributed by atoms with Crippen LogP contribution >= 0.6 is 0 Å². The van der Waals surface area contributed by atoms with Crippen molar-refractivity contribution in [2.24, 2.45) is 5.92 Å². The number of fused-ring (bicyclic) bond motifs is 3. The summed E-state index contributed by atoms with van der Waals surface area (Å²) in [6.07, 6.45) is 9.05. The van der Waals surface area contributed by atoms with Crippen molar-refractivity contribution in [3.8, 4) is 11.5 Å². The molecule has 3 aromatic rings. The van der Waals surface area contributed by atoms with Gasteiger partial charge in [0.2, 0.25) is 5.91 Å². The molecule has 1 amide bonds. The van der Waals surface area contributed by atoms with E-state index in [1.807, 2.05) is 0 Å². The molecule has 0 radical (unpaired) electrons. The number of amides is 1. The standard InChI is InChI=1S/C31H40F2N4O3/c1-6-7-8-19-9-12-36(13-10-19)14-11-21-15-22-25-20(17-34-29(22)35-21)18-37(30(38)31(25,2)3)28-26(32)23(39-4)16-24(40-5)27(28)33/h15-17,19H,6-14,18H2,1-5H3,(H,34,35). The second-order valence-corrected chi connectivity index (χ2v) is 11.7. The molecule has 1 fully saturated rings. The number of benzene rings is 1. The van der Waals surface area contributed by atoms with Crippen molar-refractivity contribution in [1.82, 2.24) is 14.9 Å². The molecule has 216 valence electrons. The van der Waals surface area contributed by atoms with Crippen LogP contribution in [0.3, 0.4) is 0 Å². The number of ether oxygens (including phenoxy) is 2. The highest BCUT2D eigenvalue weighted by Crippen LogP contribution is 2.44. The van der Waals surface area contributed by atoms with E-state index < -0.39 is 28.6 Å². The van der Waals surface area contributed by atoms with Crippen LogP contribution in [-0.4, -0.2) is 54.6 Å². The number of piperidine rings is 1. The van der Waals surface area contributed by atoms with E-state index in [1.54, 1.807) is 20.0 Å². The first kappa shape index (κ1) is 28.3. The molecule has 1 N–H and O–H groups in total. The predicted octanol–water partition coefficient (Wildman–Crippen LogP) is 6.13. The number of likely N-dealkylation sites (tertiary alicyclic amines) is 1. The summed E-state index contributed by atoms with van der Waals surface area (Å²) in [6, 6.07) is 3.23. The van der Waals surface area contributed by atoms with E-state index in [-0.39, 0.29) is 18.0 Å². The number of hydrogen-bond donors (Lipinski definition) is 1. The summed E-state index contributed by atoms with van der Waals surface area (Å²) in [5.74, 6) is -1.83. The Morgan fingerprint density at radius 2 is 1.77 bits per heavy atom. The summed E-state index contributed by atoms with van der Waals surface area (Å²) in [4.78, 5) is 25.6. The zero-order chi connectivity index (χ0) is 28.6. The number of halogens is 2. The number of pyridine rings is 1. The Labute approximate surface area is 234 Å². The van der Waals surface area contributed by atoms with Gasteiger partial charge in [-0.2, -0.15) is 0 Å². The highest BCUT2D eigenvalue weighted by atomic mass is 19.1. The van der Waals surface area contributed by atoms with E-state index in [0.29, 0.717) is 0 Å². The number of methoxy groups -OCH3 is 2. The van der Waals surface area contributed by atoms with Crippen LogP contribution in [0.1, 0.15) is 69.7 Å². The summed E-state index contributed by atoms with van der Waals surface area (Å²) in [6.45, 7) is 9.08. The molecule has 2 aromatic heterocycles. The molecule has 9 heteroatoms. The Kier molecular flexibility index (Phi) is 8.04. The highest BCUT2D eigenvalue weighted by molar-refractivity contribution is 6.05. The minimum Gasteiger partial charge on any atom is -0.493 e. The zero-order valence-corrected chi connectivity index (χ0v) is 24.2. The van der Waals surface area contributed by atoms with Gasteiger partial charge in [0.15, 0.2) is 23.1 Å². The molecular formula is C31H40F2N4O3. The fourth-order valence-electron chi connectivity index (χ4n) is 6.41. The Morgan fingerprint density at radius 1 is 1.10 bits per heavy atom. The average Bonchev–Trinajstić information content (AvgIpc) is 3.37. The van der Waals surface area contributed by atoms with E-state index in [9.17, 15) is 4.79 Å². The molecule has 0 atom stereocenters. The van der Waals surface area contributed by atoms with Gasteiger partial charge in [0.25, 0.3) is 0 Å². The Balaban J connectivity index is 1.40. The second-order valence-electron chi connectivity index (χ2n) is 11.7. The van der Waals surface area contributed by atoms with Gasteiger partial charge in [-0.1, -0.05) is 26.2 Å². The lowest BCUT2D eigenvalue weighted by Gasteiger charge is -2.39. The van der Waals surface area contributed by atoms with Crippen molar-refractivity contribution in [2.75, 3.05) is 38.8 Å². The number of carbonyl (C=O) groups excluding carboxylic acids is 1. The molecule has 2 aliphatic rings. The van der Waals surface area contributed by atoms with Gasteiger partial charge in [0, 0.05) is 36.3 Å². The maximum atomic E-state index is 15.4. The van der Waals surface area contributed by atoms with E-state index in [1.165, 1.54) is 46.3 Å². The third-order valence-electron chi connectivity index (χ3n) is 8.72. The van der Waals surface area contributed by atoms with Crippen LogP contribution in [0.2, 0.25) is 0 Å². The Bertz CT molecular complexity index is 1370. The van der Waals surface area contributed by atoms with Crippen LogP contribution in [0, 0.1) is 17.6 Å². The van der Waals surface area contributed by atoms with Crippen LogP contribution in [-0.2, 0) is 23.2 Å². The van der Waals surface area contributed by atoms with Gasteiger partial charge in [-0.25, -0.2) is 13.8 Å². The van der Waals surface area contributed by atoms with E-state index >= 15 is 8.78 Å². The molecule has 40 heavy (non-hydrogen) atoms. The quantitative estimate of drug-likeness (QED) is 0.345. The fourth-order valence-corrected chi connectivity index (χ4v) is 6.41. The smallest absolute Gasteiger partial charge is 0.237 e. The SMILES string of the molecule is CCCCC1CCN(CCc2cc3c4c(cnc3[nH]2)CN(c2c(F)c(OC)cc(OC)c2F)C(=O)C4(C)C)CC1.